The lowest BCUT2D eigenvalue weighted by Gasteiger charge is -1.96. The molecule has 0 aliphatic heterocycles. The Morgan fingerprint density at radius 1 is 1.17 bits per heavy atom. The fourth-order valence-corrected chi connectivity index (χ4v) is 1.02. The summed E-state index contributed by atoms with van der Waals surface area (Å²) in [5.74, 6) is -0.528. The first-order valence-electron chi connectivity index (χ1n) is 3.27. The van der Waals surface area contributed by atoms with Gasteiger partial charge in [0.1, 0.15) is 11.8 Å². The Hall–Kier alpha value is -1.91. The summed E-state index contributed by atoms with van der Waals surface area (Å²) in [6.45, 7) is 0. The molecule has 1 aromatic heterocycles. The first-order valence-corrected chi connectivity index (χ1v) is 3.27. The van der Waals surface area contributed by atoms with E-state index in [0.717, 1.165) is 4.73 Å². The van der Waals surface area contributed by atoms with E-state index in [1.807, 2.05) is 0 Å². The summed E-state index contributed by atoms with van der Waals surface area (Å²) in [5.41, 5.74) is 0.776. The number of hydrogen-bond donors (Lipinski definition) is 3. The fourth-order valence-electron chi connectivity index (χ4n) is 1.02. The second-order valence-electron chi connectivity index (χ2n) is 2.42. The lowest BCUT2D eigenvalue weighted by Crippen LogP contribution is -1.84. The molecule has 2 rings (SSSR count). The first-order chi connectivity index (χ1) is 5.68. The van der Waals surface area contributed by atoms with Gasteiger partial charge in [0.05, 0.1) is 5.52 Å². The van der Waals surface area contributed by atoms with E-state index in [2.05, 4.69) is 4.98 Å². The second-order valence-corrected chi connectivity index (χ2v) is 2.42. The number of phenolic OH excluding ortho intramolecular Hbond substituents is 2. The van der Waals surface area contributed by atoms with Crippen molar-refractivity contribution in [1.82, 2.24) is 9.71 Å². The Morgan fingerprint density at radius 3 is 2.58 bits per heavy atom. The van der Waals surface area contributed by atoms with Crippen molar-refractivity contribution in [2.24, 2.45) is 0 Å². The van der Waals surface area contributed by atoms with Crippen LogP contribution in [-0.2, 0) is 0 Å². The molecule has 5 nitrogen and oxygen atoms in total. The van der Waals surface area contributed by atoms with Gasteiger partial charge >= 0.3 is 0 Å². The molecule has 5 heteroatoms. The second kappa shape index (κ2) is 2.04. The van der Waals surface area contributed by atoms with Crippen molar-refractivity contribution in [2.75, 3.05) is 0 Å². The Morgan fingerprint density at radius 2 is 1.83 bits per heavy atom. The maximum atomic E-state index is 9.09. The van der Waals surface area contributed by atoms with E-state index in [4.69, 9.17) is 15.4 Å². The standard InChI is InChI=1S/C7H6N2O3/c10-6-1-4-5(2-7(6)11)9(12)3-8-4/h1-3,10-12H. The van der Waals surface area contributed by atoms with Crippen LogP contribution in [0.4, 0.5) is 0 Å². The number of benzene rings is 1. The Bertz CT molecular complexity index is 435. The van der Waals surface area contributed by atoms with Crippen molar-refractivity contribution in [2.45, 2.75) is 0 Å². The maximum absolute atomic E-state index is 9.09. The highest BCUT2D eigenvalue weighted by Gasteiger charge is 2.06. The number of fused-ring (bicyclic) bond motifs is 1. The molecule has 0 atom stereocenters. The van der Waals surface area contributed by atoms with Crippen molar-refractivity contribution in [3.63, 3.8) is 0 Å². The molecule has 2 aromatic rings. The predicted octanol–water partition coefficient (Wildman–Crippen LogP) is 0.685. The number of phenols is 2. The predicted molar refractivity (Wildman–Crippen MR) is 40.2 cm³/mol. The minimum Gasteiger partial charge on any atom is -0.504 e. The molecular weight excluding hydrogens is 160 g/mol. The number of hydrogen-bond acceptors (Lipinski definition) is 4. The van der Waals surface area contributed by atoms with Gasteiger partial charge in [0.25, 0.3) is 0 Å². The molecule has 12 heavy (non-hydrogen) atoms. The van der Waals surface area contributed by atoms with Crippen LogP contribution in [0.25, 0.3) is 11.0 Å². The fraction of sp³-hybridized carbons (Fsp3) is 0. The quantitative estimate of drug-likeness (QED) is 0.397. The summed E-state index contributed by atoms with van der Waals surface area (Å²) in [6, 6.07) is 2.51. The van der Waals surface area contributed by atoms with Crippen LogP contribution in [0.2, 0.25) is 0 Å². The van der Waals surface area contributed by atoms with Crippen LogP contribution in [0.5, 0.6) is 11.5 Å². The lowest BCUT2D eigenvalue weighted by atomic mass is 10.3. The molecule has 1 heterocycles. The minimum absolute atomic E-state index is 0.249. The van der Waals surface area contributed by atoms with Gasteiger partial charge in [-0.25, -0.2) is 4.98 Å². The third-order valence-electron chi connectivity index (χ3n) is 1.62. The molecule has 0 bridgehead atoms. The molecule has 0 amide bonds. The van der Waals surface area contributed by atoms with Gasteiger partial charge in [0.2, 0.25) is 0 Å². The third kappa shape index (κ3) is 0.763. The number of rotatable bonds is 0. The van der Waals surface area contributed by atoms with Gasteiger partial charge in [-0.15, -0.1) is 0 Å². The van der Waals surface area contributed by atoms with Gasteiger partial charge < -0.3 is 15.4 Å². The molecule has 0 radical (unpaired) electrons. The van der Waals surface area contributed by atoms with E-state index in [9.17, 15) is 0 Å². The summed E-state index contributed by atoms with van der Waals surface area (Å²) >= 11 is 0. The van der Waals surface area contributed by atoms with Gasteiger partial charge in [-0.1, -0.05) is 0 Å². The summed E-state index contributed by atoms with van der Waals surface area (Å²) in [4.78, 5) is 3.76. The summed E-state index contributed by atoms with van der Waals surface area (Å²) < 4.78 is 0.772. The summed E-state index contributed by atoms with van der Waals surface area (Å²) in [5, 5.41) is 27.2. The van der Waals surface area contributed by atoms with Crippen molar-refractivity contribution in [3.05, 3.63) is 18.5 Å². The number of aromatic hydroxyl groups is 2. The zero-order valence-electron chi connectivity index (χ0n) is 5.97. The van der Waals surface area contributed by atoms with E-state index in [1.165, 1.54) is 18.5 Å². The average Bonchev–Trinajstić information content (AvgIpc) is 2.35. The SMILES string of the molecule is Oc1cc2ncn(O)c2cc1O. The number of aromatic nitrogens is 2. The topological polar surface area (TPSA) is 78.5 Å². The Kier molecular flexibility index (Phi) is 1.15. The summed E-state index contributed by atoms with van der Waals surface area (Å²) in [6.07, 6.45) is 1.18. The van der Waals surface area contributed by atoms with Gasteiger partial charge in [-0.2, -0.15) is 4.73 Å². The van der Waals surface area contributed by atoms with E-state index in [1.54, 1.807) is 0 Å². The molecule has 3 N–H and O–H groups in total. The largest absolute Gasteiger partial charge is 0.504 e. The molecule has 1 aromatic carbocycles. The monoisotopic (exact) mass is 166 g/mol. The highest BCUT2D eigenvalue weighted by molar-refractivity contribution is 5.79. The lowest BCUT2D eigenvalue weighted by molar-refractivity contribution is 0.198. The van der Waals surface area contributed by atoms with Crippen molar-refractivity contribution in [3.8, 4) is 11.5 Å². The molecule has 0 saturated heterocycles. The zero-order chi connectivity index (χ0) is 8.72. The molecule has 0 fully saturated rings. The van der Waals surface area contributed by atoms with Crippen LogP contribution in [-0.4, -0.2) is 25.1 Å². The van der Waals surface area contributed by atoms with Crippen molar-refractivity contribution >= 4 is 11.0 Å². The van der Waals surface area contributed by atoms with Gasteiger partial charge in [0, 0.05) is 12.1 Å². The molecule has 0 unspecified atom stereocenters. The van der Waals surface area contributed by atoms with Crippen LogP contribution < -0.4 is 0 Å². The maximum Gasteiger partial charge on any atom is 0.159 e. The number of imidazole rings is 1. The molecule has 62 valence electrons. The van der Waals surface area contributed by atoms with E-state index < -0.39 is 0 Å². The van der Waals surface area contributed by atoms with Crippen molar-refractivity contribution in [1.29, 1.82) is 0 Å². The van der Waals surface area contributed by atoms with Crippen molar-refractivity contribution < 1.29 is 15.4 Å². The highest BCUT2D eigenvalue weighted by atomic mass is 16.5. The first kappa shape index (κ1) is 6.78. The molecule has 0 aliphatic carbocycles. The van der Waals surface area contributed by atoms with Gasteiger partial charge in [0.15, 0.2) is 11.5 Å². The molecule has 0 spiro atoms. The van der Waals surface area contributed by atoms with E-state index >= 15 is 0 Å². The average molecular weight is 166 g/mol. The van der Waals surface area contributed by atoms with Crippen LogP contribution in [0.15, 0.2) is 18.5 Å². The smallest absolute Gasteiger partial charge is 0.159 e. The zero-order valence-corrected chi connectivity index (χ0v) is 5.97. The van der Waals surface area contributed by atoms with Crippen LogP contribution >= 0.6 is 0 Å². The minimum atomic E-state index is -0.279. The highest BCUT2D eigenvalue weighted by Crippen LogP contribution is 2.28. The van der Waals surface area contributed by atoms with E-state index in [0.29, 0.717) is 11.0 Å². The van der Waals surface area contributed by atoms with E-state index in [-0.39, 0.29) is 11.5 Å². The third-order valence-corrected chi connectivity index (χ3v) is 1.62. The normalized spacial score (nSPS) is 10.7. The molecular formula is C7H6N2O3. The molecule has 0 saturated carbocycles. The van der Waals surface area contributed by atoms with Gasteiger partial charge in [-0.3, -0.25) is 0 Å². The Balaban J connectivity index is 2.87. The van der Waals surface area contributed by atoms with Crippen LogP contribution in [0, 0.1) is 0 Å². The van der Waals surface area contributed by atoms with Crippen LogP contribution in [0.1, 0.15) is 0 Å². The van der Waals surface area contributed by atoms with Gasteiger partial charge in [-0.05, 0) is 0 Å². The molecule has 0 aliphatic rings. The Labute approximate surface area is 67.1 Å². The number of nitrogens with zero attached hydrogens (tertiary/aromatic N) is 2. The van der Waals surface area contributed by atoms with Crippen LogP contribution in [0.3, 0.4) is 0 Å². The summed E-state index contributed by atoms with van der Waals surface area (Å²) in [7, 11) is 0.